The van der Waals surface area contributed by atoms with Crippen LogP contribution < -0.4 is 5.73 Å². The first-order valence-electron chi connectivity index (χ1n) is 5.05. The Bertz CT molecular complexity index is 373. The average Bonchev–Trinajstić information content (AvgIpc) is 2.62. The van der Waals surface area contributed by atoms with Crippen LogP contribution in [0.3, 0.4) is 0 Å². The summed E-state index contributed by atoms with van der Waals surface area (Å²) in [6, 6.07) is 0. The van der Waals surface area contributed by atoms with Gasteiger partial charge < -0.3 is 10.9 Å². The maximum Gasteiger partial charge on any atom is 0.144 e. The van der Waals surface area contributed by atoms with E-state index in [1.165, 1.54) is 0 Å². The fraction of sp³-hybridized carbons (Fsp3) is 0.600. The third-order valence-electron chi connectivity index (χ3n) is 2.48. The Morgan fingerprint density at radius 2 is 2.38 bits per heavy atom. The van der Waals surface area contributed by atoms with Crippen molar-refractivity contribution in [2.45, 2.75) is 25.2 Å². The summed E-state index contributed by atoms with van der Waals surface area (Å²) in [6.07, 6.45) is 4.66. The van der Waals surface area contributed by atoms with E-state index in [-0.39, 0.29) is 11.3 Å². The van der Waals surface area contributed by atoms with Gasteiger partial charge in [-0.3, -0.25) is 4.68 Å². The number of hydrogen-bond donors (Lipinski definition) is 2. The number of amidine groups is 1. The molecule has 0 fully saturated rings. The first-order valence-corrected chi connectivity index (χ1v) is 6.04. The number of hydrogen-bond acceptors (Lipinski definition) is 4. The molecule has 0 aliphatic carbocycles. The minimum absolute atomic E-state index is 0.274. The maximum absolute atomic E-state index is 8.63. The van der Waals surface area contributed by atoms with Crippen LogP contribution in [-0.4, -0.2) is 26.6 Å². The molecule has 1 rings (SSSR count). The number of oxime groups is 1. The van der Waals surface area contributed by atoms with Gasteiger partial charge in [-0.1, -0.05) is 19.0 Å². The third kappa shape index (κ3) is 3.44. The predicted molar refractivity (Wildman–Crippen MR) is 65.7 cm³/mol. The Morgan fingerprint density at radius 1 is 1.69 bits per heavy atom. The van der Waals surface area contributed by atoms with Crippen molar-refractivity contribution in [3.63, 3.8) is 0 Å². The van der Waals surface area contributed by atoms with E-state index >= 15 is 0 Å². The molecule has 0 bridgehead atoms. The number of aromatic nitrogens is 2. The van der Waals surface area contributed by atoms with Crippen LogP contribution >= 0.6 is 11.8 Å². The number of nitrogens with two attached hydrogens (primary N) is 1. The molecule has 0 saturated heterocycles. The molecule has 16 heavy (non-hydrogen) atoms. The van der Waals surface area contributed by atoms with Crippen LogP contribution in [0.2, 0.25) is 0 Å². The zero-order valence-electron chi connectivity index (χ0n) is 9.84. The van der Waals surface area contributed by atoms with Gasteiger partial charge in [0.2, 0.25) is 0 Å². The summed E-state index contributed by atoms with van der Waals surface area (Å²) >= 11 is 1.72. The zero-order chi connectivity index (χ0) is 12.2. The van der Waals surface area contributed by atoms with Gasteiger partial charge in [0.15, 0.2) is 0 Å². The van der Waals surface area contributed by atoms with E-state index in [2.05, 4.69) is 10.3 Å². The second-order valence-electron chi connectivity index (χ2n) is 4.32. The summed E-state index contributed by atoms with van der Waals surface area (Å²) in [5, 5.41) is 15.8. The van der Waals surface area contributed by atoms with E-state index in [9.17, 15) is 0 Å². The molecule has 1 aromatic rings. The Balaban J connectivity index is 2.41. The fourth-order valence-corrected chi connectivity index (χ4v) is 2.36. The van der Waals surface area contributed by atoms with Crippen molar-refractivity contribution in [3.05, 3.63) is 12.4 Å². The van der Waals surface area contributed by atoms with Gasteiger partial charge in [0.1, 0.15) is 5.84 Å². The molecule has 0 aromatic carbocycles. The molecule has 0 radical (unpaired) electrons. The van der Waals surface area contributed by atoms with Crippen LogP contribution in [0.4, 0.5) is 0 Å². The van der Waals surface area contributed by atoms with Crippen molar-refractivity contribution in [2.75, 3.05) is 5.75 Å². The van der Waals surface area contributed by atoms with Gasteiger partial charge in [-0.25, -0.2) is 0 Å². The highest BCUT2D eigenvalue weighted by Crippen LogP contribution is 2.26. The standard InChI is InChI=1S/C10H18N4OS/c1-10(2,9(11)13-15)4-5-16-8-6-12-14(3)7-8/h6-7,15H,4-5H2,1-3H3,(H2,11,13). The first kappa shape index (κ1) is 12.9. The van der Waals surface area contributed by atoms with E-state index in [0.29, 0.717) is 0 Å². The summed E-state index contributed by atoms with van der Waals surface area (Å²) < 4.78 is 1.77. The molecule has 0 saturated carbocycles. The van der Waals surface area contributed by atoms with E-state index < -0.39 is 0 Å². The lowest BCUT2D eigenvalue weighted by Gasteiger charge is -2.22. The van der Waals surface area contributed by atoms with Crippen molar-refractivity contribution < 1.29 is 5.21 Å². The van der Waals surface area contributed by atoms with Crippen LogP contribution in [0, 0.1) is 5.41 Å². The van der Waals surface area contributed by atoms with E-state index in [0.717, 1.165) is 17.1 Å². The Kier molecular flexibility index (Phi) is 4.23. The molecule has 0 spiro atoms. The molecule has 90 valence electrons. The first-order chi connectivity index (χ1) is 7.45. The summed E-state index contributed by atoms with van der Waals surface area (Å²) in [7, 11) is 1.89. The van der Waals surface area contributed by atoms with Crippen LogP contribution in [0.1, 0.15) is 20.3 Å². The maximum atomic E-state index is 8.63. The van der Waals surface area contributed by atoms with Crippen LogP contribution in [0.15, 0.2) is 22.4 Å². The van der Waals surface area contributed by atoms with Crippen molar-refractivity contribution in [1.29, 1.82) is 0 Å². The lowest BCUT2D eigenvalue weighted by Crippen LogP contribution is -2.32. The Labute approximate surface area is 99.7 Å². The SMILES string of the molecule is Cn1cc(SCCC(C)(C)C(N)=NO)cn1. The molecule has 5 nitrogen and oxygen atoms in total. The number of aryl methyl sites for hydroxylation is 1. The van der Waals surface area contributed by atoms with Crippen molar-refractivity contribution >= 4 is 17.6 Å². The summed E-state index contributed by atoms with van der Waals surface area (Å²) in [6.45, 7) is 3.93. The molecule has 1 heterocycles. The van der Waals surface area contributed by atoms with Gasteiger partial charge in [-0.15, -0.1) is 11.8 Å². The highest BCUT2D eigenvalue weighted by Gasteiger charge is 2.23. The molecule has 1 aromatic heterocycles. The average molecular weight is 242 g/mol. The van der Waals surface area contributed by atoms with Crippen LogP contribution in [0.5, 0.6) is 0 Å². The number of nitrogens with zero attached hydrogens (tertiary/aromatic N) is 3. The topological polar surface area (TPSA) is 76.4 Å². The molecule has 0 atom stereocenters. The van der Waals surface area contributed by atoms with E-state index in [4.69, 9.17) is 10.9 Å². The van der Waals surface area contributed by atoms with Crippen molar-refractivity contribution in [2.24, 2.45) is 23.4 Å². The van der Waals surface area contributed by atoms with Gasteiger partial charge in [-0.2, -0.15) is 5.10 Å². The molecule has 0 unspecified atom stereocenters. The van der Waals surface area contributed by atoms with Gasteiger partial charge in [0.25, 0.3) is 0 Å². The van der Waals surface area contributed by atoms with Gasteiger partial charge in [-0.05, 0) is 12.2 Å². The third-order valence-corrected chi connectivity index (χ3v) is 3.43. The summed E-state index contributed by atoms with van der Waals surface area (Å²) in [5.41, 5.74) is 5.33. The lowest BCUT2D eigenvalue weighted by molar-refractivity contribution is 0.307. The molecular weight excluding hydrogens is 224 g/mol. The van der Waals surface area contributed by atoms with E-state index in [1.54, 1.807) is 16.4 Å². The molecule has 0 amide bonds. The van der Waals surface area contributed by atoms with Crippen LogP contribution in [0.25, 0.3) is 0 Å². The highest BCUT2D eigenvalue weighted by molar-refractivity contribution is 7.99. The smallest absolute Gasteiger partial charge is 0.144 e. The minimum Gasteiger partial charge on any atom is -0.409 e. The molecule has 0 aliphatic heterocycles. The Hall–Kier alpha value is -1.17. The molecule has 6 heteroatoms. The van der Waals surface area contributed by atoms with E-state index in [1.807, 2.05) is 33.3 Å². The monoisotopic (exact) mass is 242 g/mol. The summed E-state index contributed by atoms with van der Waals surface area (Å²) in [5.74, 6) is 1.19. The number of rotatable bonds is 5. The lowest BCUT2D eigenvalue weighted by atomic mass is 9.89. The molecule has 0 aliphatic rings. The van der Waals surface area contributed by atoms with Gasteiger partial charge in [0.05, 0.1) is 6.20 Å². The fourth-order valence-electron chi connectivity index (χ4n) is 1.16. The normalized spacial score (nSPS) is 13.1. The van der Waals surface area contributed by atoms with Crippen LogP contribution in [-0.2, 0) is 7.05 Å². The summed E-state index contributed by atoms with van der Waals surface area (Å²) in [4.78, 5) is 1.14. The van der Waals surface area contributed by atoms with Crippen molar-refractivity contribution in [3.8, 4) is 0 Å². The largest absolute Gasteiger partial charge is 0.409 e. The minimum atomic E-state index is -0.274. The molecular formula is C10H18N4OS. The second-order valence-corrected chi connectivity index (χ2v) is 5.49. The number of thioether (sulfide) groups is 1. The zero-order valence-corrected chi connectivity index (χ0v) is 10.7. The predicted octanol–water partition coefficient (Wildman–Crippen LogP) is 1.67. The Morgan fingerprint density at radius 3 is 2.88 bits per heavy atom. The highest BCUT2D eigenvalue weighted by atomic mass is 32.2. The van der Waals surface area contributed by atoms with Gasteiger partial charge >= 0.3 is 0 Å². The van der Waals surface area contributed by atoms with Gasteiger partial charge in [0, 0.05) is 23.6 Å². The second kappa shape index (κ2) is 5.25. The van der Waals surface area contributed by atoms with Crippen molar-refractivity contribution in [1.82, 2.24) is 9.78 Å². The molecule has 3 N–H and O–H groups in total. The quantitative estimate of drug-likeness (QED) is 0.271.